The number of halogens is 1. The summed E-state index contributed by atoms with van der Waals surface area (Å²) in [7, 11) is 0. The fraction of sp³-hybridized carbons (Fsp3) is 0.381. The van der Waals surface area contributed by atoms with E-state index in [1.54, 1.807) is 12.1 Å². The number of nitrogens with one attached hydrogen (secondary N) is 1. The second kappa shape index (κ2) is 8.65. The minimum absolute atomic E-state index is 0.0542. The average Bonchev–Trinajstić information content (AvgIpc) is 3.47. The highest BCUT2D eigenvalue weighted by Gasteiger charge is 2.24. The Balaban J connectivity index is 1.52. The first-order valence-electron chi connectivity index (χ1n) is 10.0. The number of carbonyl (C=O) groups excluding carboxylic acids is 1. The Hall–Kier alpha value is -3.58. The maximum absolute atomic E-state index is 13.4. The molecule has 9 nitrogen and oxygen atoms in total. The van der Waals surface area contributed by atoms with Gasteiger partial charge in [0.2, 0.25) is 11.7 Å². The molecule has 1 aliphatic heterocycles. The quantitative estimate of drug-likeness (QED) is 0.652. The molecule has 31 heavy (non-hydrogen) atoms. The maximum atomic E-state index is 13.4. The zero-order chi connectivity index (χ0) is 22.0. The first-order chi connectivity index (χ1) is 15.0. The van der Waals surface area contributed by atoms with Gasteiger partial charge in [0.15, 0.2) is 0 Å². The minimum atomic E-state index is -0.409. The van der Waals surface area contributed by atoms with Crippen molar-refractivity contribution in [1.29, 1.82) is 5.26 Å². The van der Waals surface area contributed by atoms with Crippen molar-refractivity contribution < 1.29 is 13.9 Å². The molecule has 1 atom stereocenters. The first kappa shape index (κ1) is 20.7. The Kier molecular flexibility index (Phi) is 5.77. The van der Waals surface area contributed by atoms with Crippen LogP contribution < -0.4 is 5.32 Å². The molecule has 0 aliphatic carbocycles. The number of rotatable bonds is 6. The summed E-state index contributed by atoms with van der Waals surface area (Å²) in [4.78, 5) is 13.8. The van der Waals surface area contributed by atoms with Gasteiger partial charge in [0.1, 0.15) is 24.2 Å². The van der Waals surface area contributed by atoms with Gasteiger partial charge in [-0.2, -0.15) is 10.1 Å². The molecule has 0 bridgehead atoms. The van der Waals surface area contributed by atoms with Crippen molar-refractivity contribution in [3.63, 3.8) is 0 Å². The number of tetrazole rings is 1. The Morgan fingerprint density at radius 3 is 2.97 bits per heavy atom. The van der Waals surface area contributed by atoms with Gasteiger partial charge in [-0.1, -0.05) is 12.1 Å². The van der Waals surface area contributed by atoms with Crippen LogP contribution in [0.1, 0.15) is 29.7 Å². The topological polar surface area (TPSA) is 111 Å². The number of hydrogen-bond acceptors (Lipinski definition) is 6. The van der Waals surface area contributed by atoms with E-state index < -0.39 is 11.7 Å². The van der Waals surface area contributed by atoms with Crippen molar-refractivity contribution >= 4 is 11.7 Å². The van der Waals surface area contributed by atoms with Crippen LogP contribution in [-0.2, 0) is 22.6 Å². The fourth-order valence-corrected chi connectivity index (χ4v) is 3.70. The van der Waals surface area contributed by atoms with E-state index in [1.165, 1.54) is 12.1 Å². The molecule has 1 aromatic carbocycles. The molecule has 0 spiro atoms. The van der Waals surface area contributed by atoms with E-state index >= 15 is 0 Å². The van der Waals surface area contributed by atoms with Gasteiger partial charge in [0.25, 0.3) is 0 Å². The van der Waals surface area contributed by atoms with Crippen LogP contribution in [0.15, 0.2) is 24.3 Å². The number of benzene rings is 1. The summed E-state index contributed by atoms with van der Waals surface area (Å²) in [6.07, 6.45) is 2.00. The van der Waals surface area contributed by atoms with E-state index in [0.717, 1.165) is 35.5 Å². The standard InChI is InChI=1S/C21H22FN7O2/c1-13-14(2)28(11-17-7-4-8-31-17)21(18(13)10-23)24-19(30)12-29-26-20(25-27-29)15-5-3-6-16(22)9-15/h3,5-6,9,17H,4,7-8,11-12H2,1-2H3,(H,24,30). The Morgan fingerprint density at radius 1 is 1.42 bits per heavy atom. The van der Waals surface area contributed by atoms with Crippen LogP contribution in [0, 0.1) is 31.0 Å². The zero-order valence-electron chi connectivity index (χ0n) is 17.3. The summed E-state index contributed by atoms with van der Waals surface area (Å²) in [5.41, 5.74) is 2.63. The molecule has 10 heteroatoms. The molecule has 4 rings (SSSR count). The monoisotopic (exact) mass is 423 g/mol. The van der Waals surface area contributed by atoms with Gasteiger partial charge >= 0.3 is 0 Å². The second-order valence-electron chi connectivity index (χ2n) is 7.49. The number of hydrogen-bond donors (Lipinski definition) is 1. The highest BCUT2D eigenvalue weighted by Crippen LogP contribution is 2.28. The van der Waals surface area contributed by atoms with Crippen LogP contribution >= 0.6 is 0 Å². The summed E-state index contributed by atoms with van der Waals surface area (Å²) in [5.74, 6) is -0.138. The molecule has 1 fully saturated rings. The van der Waals surface area contributed by atoms with E-state index in [-0.39, 0.29) is 18.5 Å². The molecule has 1 unspecified atom stereocenters. The van der Waals surface area contributed by atoms with Gasteiger partial charge in [-0.05, 0) is 49.6 Å². The van der Waals surface area contributed by atoms with Gasteiger partial charge in [-0.15, -0.1) is 10.2 Å². The van der Waals surface area contributed by atoms with Crippen molar-refractivity contribution in [3.05, 3.63) is 46.9 Å². The Bertz CT molecular complexity index is 1160. The third kappa shape index (κ3) is 4.32. The zero-order valence-corrected chi connectivity index (χ0v) is 17.3. The van der Waals surface area contributed by atoms with Gasteiger partial charge in [-0.25, -0.2) is 4.39 Å². The normalized spacial score (nSPS) is 15.7. The highest BCUT2D eigenvalue weighted by molar-refractivity contribution is 5.91. The third-order valence-electron chi connectivity index (χ3n) is 5.43. The lowest BCUT2D eigenvalue weighted by molar-refractivity contribution is -0.117. The number of nitrogens with zero attached hydrogens (tertiary/aromatic N) is 6. The lowest BCUT2D eigenvalue weighted by Gasteiger charge is -2.16. The number of aromatic nitrogens is 5. The number of anilines is 1. The van der Waals surface area contributed by atoms with Crippen LogP contribution in [0.5, 0.6) is 0 Å². The summed E-state index contributed by atoms with van der Waals surface area (Å²) in [5, 5.41) is 24.4. The van der Waals surface area contributed by atoms with Crippen LogP contribution in [0.4, 0.5) is 10.2 Å². The number of carbonyl (C=O) groups is 1. The number of amides is 1. The van der Waals surface area contributed by atoms with Crippen molar-refractivity contribution in [2.24, 2.45) is 0 Å². The molecule has 0 saturated carbocycles. The molecular formula is C21H22FN7O2. The summed E-state index contributed by atoms with van der Waals surface area (Å²) < 4.78 is 21.1. The van der Waals surface area contributed by atoms with Crippen LogP contribution in [0.25, 0.3) is 11.4 Å². The van der Waals surface area contributed by atoms with Crippen molar-refractivity contribution in [2.45, 2.75) is 45.9 Å². The van der Waals surface area contributed by atoms with E-state index in [4.69, 9.17) is 4.74 Å². The Labute approximate surface area is 178 Å². The number of ether oxygens (including phenoxy) is 1. The average molecular weight is 423 g/mol. The van der Waals surface area contributed by atoms with Crippen molar-refractivity contribution in [2.75, 3.05) is 11.9 Å². The predicted molar refractivity (Wildman–Crippen MR) is 109 cm³/mol. The molecule has 0 radical (unpaired) electrons. The van der Waals surface area contributed by atoms with E-state index in [2.05, 4.69) is 26.8 Å². The summed E-state index contributed by atoms with van der Waals surface area (Å²) in [6, 6.07) is 8.02. The van der Waals surface area contributed by atoms with E-state index in [9.17, 15) is 14.4 Å². The third-order valence-corrected chi connectivity index (χ3v) is 5.43. The lowest BCUT2D eigenvalue weighted by atomic mass is 10.2. The molecule has 1 saturated heterocycles. The largest absolute Gasteiger partial charge is 0.376 e. The van der Waals surface area contributed by atoms with Gasteiger partial charge in [-0.3, -0.25) is 4.79 Å². The van der Waals surface area contributed by atoms with Crippen LogP contribution in [-0.4, -0.2) is 43.4 Å². The van der Waals surface area contributed by atoms with Gasteiger partial charge < -0.3 is 14.6 Å². The molecule has 1 aliphatic rings. The van der Waals surface area contributed by atoms with E-state index in [1.807, 2.05) is 18.4 Å². The lowest BCUT2D eigenvalue weighted by Crippen LogP contribution is -2.24. The minimum Gasteiger partial charge on any atom is -0.376 e. The van der Waals surface area contributed by atoms with Crippen molar-refractivity contribution in [1.82, 2.24) is 24.8 Å². The van der Waals surface area contributed by atoms with Gasteiger partial charge in [0.05, 0.1) is 18.2 Å². The highest BCUT2D eigenvalue weighted by atomic mass is 19.1. The smallest absolute Gasteiger partial charge is 0.249 e. The summed E-state index contributed by atoms with van der Waals surface area (Å²) >= 11 is 0. The fourth-order valence-electron chi connectivity index (χ4n) is 3.70. The van der Waals surface area contributed by atoms with Crippen molar-refractivity contribution in [3.8, 4) is 17.5 Å². The predicted octanol–water partition coefficient (Wildman–Crippen LogP) is 2.59. The molecule has 160 valence electrons. The molecule has 1 amide bonds. The van der Waals surface area contributed by atoms with Crippen LogP contribution in [0.2, 0.25) is 0 Å². The summed E-state index contributed by atoms with van der Waals surface area (Å²) in [6.45, 7) is 4.87. The van der Waals surface area contributed by atoms with E-state index in [0.29, 0.717) is 23.5 Å². The number of nitriles is 1. The molecular weight excluding hydrogens is 401 g/mol. The molecule has 2 aromatic heterocycles. The second-order valence-corrected chi connectivity index (χ2v) is 7.49. The Morgan fingerprint density at radius 2 is 2.26 bits per heavy atom. The molecule has 3 aromatic rings. The maximum Gasteiger partial charge on any atom is 0.249 e. The SMILES string of the molecule is Cc1c(C#N)c(NC(=O)Cn2nnc(-c3cccc(F)c3)n2)n(CC2CCCO2)c1C. The molecule has 3 heterocycles. The van der Waals surface area contributed by atoms with Crippen LogP contribution in [0.3, 0.4) is 0 Å². The molecule has 1 N–H and O–H groups in total. The first-order valence-corrected chi connectivity index (χ1v) is 10.0. The van der Waals surface area contributed by atoms with Gasteiger partial charge in [0, 0.05) is 17.9 Å².